The first-order chi connectivity index (χ1) is 10.8. The Morgan fingerprint density at radius 3 is 1.73 bits per heavy atom. The van der Waals surface area contributed by atoms with Crippen LogP contribution in [0.3, 0.4) is 0 Å². The average Bonchev–Trinajstić information content (AvgIpc) is 2.57. The molecule has 0 spiro atoms. The summed E-state index contributed by atoms with van der Waals surface area (Å²) in [5.74, 6) is 8.04. The van der Waals surface area contributed by atoms with Crippen molar-refractivity contribution < 1.29 is 0 Å². The minimum Gasteiger partial charge on any atom is -0.0654 e. The van der Waals surface area contributed by atoms with Crippen LogP contribution in [-0.2, 0) is 0 Å². The van der Waals surface area contributed by atoms with E-state index in [-0.39, 0.29) is 0 Å². The molecule has 3 rings (SSSR count). The molecule has 0 heteroatoms. The summed E-state index contributed by atoms with van der Waals surface area (Å²) in [6, 6.07) is 0. The van der Waals surface area contributed by atoms with E-state index in [0.29, 0.717) is 0 Å². The van der Waals surface area contributed by atoms with Crippen LogP contribution in [0.4, 0.5) is 0 Å². The number of rotatable bonds is 4. The Hall–Kier alpha value is 0. The lowest BCUT2D eigenvalue weighted by Crippen LogP contribution is -2.27. The van der Waals surface area contributed by atoms with E-state index >= 15 is 0 Å². The van der Waals surface area contributed by atoms with Crippen LogP contribution < -0.4 is 0 Å². The van der Waals surface area contributed by atoms with Crippen molar-refractivity contribution >= 4 is 0 Å². The maximum Gasteiger partial charge on any atom is -0.0210 e. The van der Waals surface area contributed by atoms with Crippen LogP contribution in [0.1, 0.15) is 104 Å². The lowest BCUT2D eigenvalue weighted by Gasteiger charge is -2.40. The molecule has 0 saturated heterocycles. The van der Waals surface area contributed by atoms with Crippen LogP contribution in [0, 0.1) is 35.5 Å². The predicted octanol–water partition coefficient (Wildman–Crippen LogP) is 7.14. The number of hydrogen-bond acceptors (Lipinski definition) is 0. The SMILES string of the molecule is CCCC1CC[C](C2CC[C](C3CCC(C)CC3)CC2)CC1. The molecule has 0 N–H and O–H groups in total. The van der Waals surface area contributed by atoms with E-state index < -0.39 is 0 Å². The summed E-state index contributed by atoms with van der Waals surface area (Å²) in [5, 5.41) is 0. The van der Waals surface area contributed by atoms with Gasteiger partial charge in [-0.2, -0.15) is 0 Å². The van der Waals surface area contributed by atoms with Gasteiger partial charge in [-0.15, -0.1) is 0 Å². The summed E-state index contributed by atoms with van der Waals surface area (Å²) in [7, 11) is 0. The normalized spacial score (nSPS) is 34.1. The summed E-state index contributed by atoms with van der Waals surface area (Å²) in [4.78, 5) is 0. The minimum absolute atomic E-state index is 1.00. The summed E-state index contributed by atoms with van der Waals surface area (Å²) in [6.07, 6.45) is 20.8. The Kier molecular flexibility index (Phi) is 6.28. The second-order valence-corrected chi connectivity index (χ2v) is 8.78. The first-order valence-electron chi connectivity index (χ1n) is 10.5. The predicted molar refractivity (Wildman–Crippen MR) is 96.4 cm³/mol. The van der Waals surface area contributed by atoms with Crippen molar-refractivity contribution in [3.8, 4) is 0 Å². The summed E-state index contributed by atoms with van der Waals surface area (Å²) in [5.41, 5.74) is 0. The molecular weight excluding hydrogens is 264 g/mol. The molecule has 0 aliphatic heterocycles. The van der Waals surface area contributed by atoms with Crippen LogP contribution in [0.2, 0.25) is 0 Å². The fraction of sp³-hybridized carbons (Fsp3) is 0.909. The molecule has 0 unspecified atom stereocenters. The zero-order valence-corrected chi connectivity index (χ0v) is 15.2. The smallest absolute Gasteiger partial charge is 0.0210 e. The fourth-order valence-corrected chi connectivity index (χ4v) is 5.63. The first-order valence-corrected chi connectivity index (χ1v) is 10.5. The van der Waals surface area contributed by atoms with Crippen molar-refractivity contribution in [1.82, 2.24) is 0 Å². The van der Waals surface area contributed by atoms with Gasteiger partial charge in [0.1, 0.15) is 0 Å². The van der Waals surface area contributed by atoms with Gasteiger partial charge in [0.15, 0.2) is 0 Å². The first kappa shape index (κ1) is 16.8. The van der Waals surface area contributed by atoms with Gasteiger partial charge in [0.25, 0.3) is 0 Å². The third-order valence-electron chi connectivity index (χ3n) is 7.24. The van der Waals surface area contributed by atoms with Crippen LogP contribution in [0.5, 0.6) is 0 Å². The molecule has 0 heterocycles. The van der Waals surface area contributed by atoms with Gasteiger partial charge in [0.05, 0.1) is 0 Å². The Labute approximate surface area is 139 Å². The van der Waals surface area contributed by atoms with Crippen LogP contribution in [-0.4, -0.2) is 0 Å². The van der Waals surface area contributed by atoms with Crippen LogP contribution in [0.25, 0.3) is 0 Å². The van der Waals surface area contributed by atoms with Gasteiger partial charge in [-0.3, -0.25) is 0 Å². The molecule has 22 heavy (non-hydrogen) atoms. The van der Waals surface area contributed by atoms with Crippen molar-refractivity contribution in [3.63, 3.8) is 0 Å². The molecule has 3 aliphatic carbocycles. The van der Waals surface area contributed by atoms with Crippen molar-refractivity contribution in [1.29, 1.82) is 0 Å². The highest BCUT2D eigenvalue weighted by molar-refractivity contribution is 5.08. The maximum absolute atomic E-state index is 2.45. The van der Waals surface area contributed by atoms with E-state index in [1.807, 2.05) is 11.8 Å². The summed E-state index contributed by atoms with van der Waals surface area (Å²) < 4.78 is 0. The number of hydrogen-bond donors (Lipinski definition) is 0. The molecule has 0 aromatic rings. The van der Waals surface area contributed by atoms with Gasteiger partial charge in [-0.25, -0.2) is 0 Å². The molecule has 0 amide bonds. The lowest BCUT2D eigenvalue weighted by molar-refractivity contribution is 0.238. The monoisotopic (exact) mass is 302 g/mol. The van der Waals surface area contributed by atoms with E-state index in [0.717, 1.165) is 23.7 Å². The van der Waals surface area contributed by atoms with E-state index in [9.17, 15) is 0 Å². The topological polar surface area (TPSA) is 0 Å². The second-order valence-electron chi connectivity index (χ2n) is 8.78. The molecule has 0 atom stereocenters. The fourth-order valence-electron chi connectivity index (χ4n) is 5.63. The van der Waals surface area contributed by atoms with Crippen molar-refractivity contribution in [2.45, 2.75) is 104 Å². The van der Waals surface area contributed by atoms with Crippen LogP contribution >= 0.6 is 0 Å². The highest BCUT2D eigenvalue weighted by Gasteiger charge is 2.34. The Balaban J connectivity index is 1.39. The molecule has 0 aromatic carbocycles. The molecule has 0 aromatic heterocycles. The lowest BCUT2D eigenvalue weighted by atomic mass is 9.65. The van der Waals surface area contributed by atoms with Gasteiger partial charge >= 0.3 is 0 Å². The molecule has 126 valence electrons. The second kappa shape index (κ2) is 8.20. The van der Waals surface area contributed by atoms with Gasteiger partial charge in [0.2, 0.25) is 0 Å². The van der Waals surface area contributed by atoms with Gasteiger partial charge < -0.3 is 0 Å². The molecular formula is C22H38. The standard InChI is InChI=1S/C22H38/c1-3-4-18-7-11-20(12-8-18)22-15-13-21(14-16-22)19-9-5-17(2)6-10-19/h17-19,22H,3-16H2,1-2H3. The van der Waals surface area contributed by atoms with Gasteiger partial charge in [-0.1, -0.05) is 39.5 Å². The molecule has 0 bridgehead atoms. The van der Waals surface area contributed by atoms with E-state index in [1.165, 1.54) is 89.9 Å². The Morgan fingerprint density at radius 2 is 1.18 bits per heavy atom. The van der Waals surface area contributed by atoms with E-state index in [4.69, 9.17) is 0 Å². The highest BCUT2D eigenvalue weighted by atomic mass is 14.4. The largest absolute Gasteiger partial charge is 0.0654 e. The van der Waals surface area contributed by atoms with Crippen molar-refractivity contribution in [2.75, 3.05) is 0 Å². The van der Waals surface area contributed by atoms with E-state index in [2.05, 4.69) is 13.8 Å². The van der Waals surface area contributed by atoms with Crippen molar-refractivity contribution in [2.24, 2.45) is 23.7 Å². The molecule has 3 saturated carbocycles. The summed E-state index contributed by atoms with van der Waals surface area (Å²) in [6.45, 7) is 4.80. The molecule has 2 radical (unpaired) electrons. The molecule has 0 nitrogen and oxygen atoms in total. The molecule has 3 aliphatic rings. The zero-order valence-electron chi connectivity index (χ0n) is 15.2. The van der Waals surface area contributed by atoms with E-state index in [1.54, 1.807) is 0 Å². The zero-order chi connectivity index (χ0) is 15.4. The molecule has 3 fully saturated rings. The van der Waals surface area contributed by atoms with Crippen LogP contribution in [0.15, 0.2) is 0 Å². The Morgan fingerprint density at radius 1 is 0.682 bits per heavy atom. The summed E-state index contributed by atoms with van der Waals surface area (Å²) >= 11 is 0. The Bertz CT molecular complexity index is 296. The van der Waals surface area contributed by atoms with Crippen molar-refractivity contribution in [3.05, 3.63) is 11.8 Å². The highest BCUT2D eigenvalue weighted by Crippen LogP contribution is 2.47. The van der Waals surface area contributed by atoms with Gasteiger partial charge in [0, 0.05) is 0 Å². The average molecular weight is 303 g/mol. The maximum atomic E-state index is 2.45. The minimum atomic E-state index is 1.00. The third-order valence-corrected chi connectivity index (χ3v) is 7.24. The quantitative estimate of drug-likeness (QED) is 0.517. The van der Waals surface area contributed by atoms with Gasteiger partial charge in [-0.05, 0) is 99.7 Å². The third kappa shape index (κ3) is 4.30.